The minimum absolute atomic E-state index is 0.0605. The predicted octanol–water partition coefficient (Wildman–Crippen LogP) is 1.97. The Morgan fingerprint density at radius 2 is 1.92 bits per heavy atom. The molecule has 0 aliphatic heterocycles. The van der Waals surface area contributed by atoms with E-state index in [0.717, 1.165) is 18.4 Å². The zero-order valence-electron chi connectivity index (χ0n) is 7.49. The van der Waals surface area contributed by atoms with E-state index in [1.807, 2.05) is 30.3 Å². The first-order chi connectivity index (χ1) is 6.36. The van der Waals surface area contributed by atoms with Gasteiger partial charge in [0, 0.05) is 11.6 Å². The summed E-state index contributed by atoms with van der Waals surface area (Å²) in [6, 6.07) is 9.79. The molecule has 0 heterocycles. The monoisotopic (exact) mass is 175 g/mol. The standard InChI is InChI=1S/C11H13NO/c13-11(12-10-7-4-8-10)9-5-2-1-3-6-9/h1-3,5-6,10H,4,7-8H2,(H,12,13). The van der Waals surface area contributed by atoms with Crippen molar-refractivity contribution in [2.45, 2.75) is 25.3 Å². The van der Waals surface area contributed by atoms with E-state index in [1.165, 1.54) is 6.42 Å². The van der Waals surface area contributed by atoms with Crippen LogP contribution in [-0.4, -0.2) is 11.9 Å². The first-order valence-corrected chi connectivity index (χ1v) is 4.72. The molecular weight excluding hydrogens is 162 g/mol. The molecule has 0 radical (unpaired) electrons. The molecule has 0 saturated heterocycles. The molecule has 68 valence electrons. The van der Waals surface area contributed by atoms with Crippen LogP contribution in [0.5, 0.6) is 0 Å². The third-order valence-electron chi connectivity index (χ3n) is 2.48. The van der Waals surface area contributed by atoms with E-state index >= 15 is 0 Å². The second-order valence-electron chi connectivity index (χ2n) is 3.47. The van der Waals surface area contributed by atoms with Gasteiger partial charge >= 0.3 is 0 Å². The highest BCUT2D eigenvalue weighted by atomic mass is 16.1. The van der Waals surface area contributed by atoms with Crippen LogP contribution >= 0.6 is 0 Å². The predicted molar refractivity (Wildman–Crippen MR) is 51.5 cm³/mol. The number of hydrogen-bond acceptors (Lipinski definition) is 1. The molecule has 0 spiro atoms. The highest BCUT2D eigenvalue weighted by Gasteiger charge is 2.19. The fourth-order valence-electron chi connectivity index (χ4n) is 1.41. The summed E-state index contributed by atoms with van der Waals surface area (Å²) >= 11 is 0. The maximum atomic E-state index is 11.5. The van der Waals surface area contributed by atoms with Crippen LogP contribution in [0.1, 0.15) is 29.6 Å². The van der Waals surface area contributed by atoms with Gasteiger partial charge in [0.15, 0.2) is 0 Å². The number of hydrogen-bond donors (Lipinski definition) is 1. The molecule has 1 amide bonds. The maximum absolute atomic E-state index is 11.5. The largest absolute Gasteiger partial charge is 0.349 e. The molecule has 1 N–H and O–H groups in total. The van der Waals surface area contributed by atoms with Gasteiger partial charge in [0.05, 0.1) is 0 Å². The van der Waals surface area contributed by atoms with Crippen molar-refractivity contribution < 1.29 is 4.79 Å². The Kier molecular flexibility index (Phi) is 2.30. The van der Waals surface area contributed by atoms with Crippen LogP contribution in [0.25, 0.3) is 0 Å². The number of rotatable bonds is 2. The van der Waals surface area contributed by atoms with Gasteiger partial charge in [-0.2, -0.15) is 0 Å². The SMILES string of the molecule is O=C(NC1CCC1)c1ccccc1. The minimum atomic E-state index is 0.0605. The molecule has 1 aliphatic carbocycles. The lowest BCUT2D eigenvalue weighted by Crippen LogP contribution is -2.39. The van der Waals surface area contributed by atoms with E-state index in [9.17, 15) is 4.79 Å². The topological polar surface area (TPSA) is 29.1 Å². The summed E-state index contributed by atoms with van der Waals surface area (Å²) < 4.78 is 0. The van der Waals surface area contributed by atoms with Gasteiger partial charge in [0.25, 0.3) is 5.91 Å². The van der Waals surface area contributed by atoms with E-state index < -0.39 is 0 Å². The number of amides is 1. The molecule has 13 heavy (non-hydrogen) atoms. The second kappa shape index (κ2) is 3.60. The van der Waals surface area contributed by atoms with Crippen molar-refractivity contribution in [1.82, 2.24) is 5.32 Å². The molecule has 0 aromatic heterocycles. The lowest BCUT2D eigenvalue weighted by atomic mass is 9.93. The van der Waals surface area contributed by atoms with Crippen LogP contribution in [0.3, 0.4) is 0 Å². The fraction of sp³-hybridized carbons (Fsp3) is 0.364. The molecule has 0 atom stereocenters. The zero-order chi connectivity index (χ0) is 9.10. The van der Waals surface area contributed by atoms with Crippen LogP contribution in [0.15, 0.2) is 30.3 Å². The molecule has 2 nitrogen and oxygen atoms in total. The molecule has 1 saturated carbocycles. The van der Waals surface area contributed by atoms with Gasteiger partial charge in [0.2, 0.25) is 0 Å². The average molecular weight is 175 g/mol. The van der Waals surface area contributed by atoms with Gasteiger partial charge in [-0.15, -0.1) is 0 Å². The van der Waals surface area contributed by atoms with Crippen molar-refractivity contribution in [3.05, 3.63) is 35.9 Å². The molecule has 2 heteroatoms. The Morgan fingerprint density at radius 3 is 2.46 bits per heavy atom. The van der Waals surface area contributed by atoms with Crippen LogP contribution < -0.4 is 5.32 Å². The summed E-state index contributed by atoms with van der Waals surface area (Å²) in [4.78, 5) is 11.5. The second-order valence-corrected chi connectivity index (χ2v) is 3.47. The molecule has 1 aromatic carbocycles. The molecule has 0 bridgehead atoms. The Balaban J connectivity index is 1.97. The Labute approximate surface area is 78.0 Å². The van der Waals surface area contributed by atoms with Gasteiger partial charge in [-0.05, 0) is 31.4 Å². The number of carbonyl (C=O) groups is 1. The van der Waals surface area contributed by atoms with E-state index in [4.69, 9.17) is 0 Å². The van der Waals surface area contributed by atoms with Crippen molar-refractivity contribution in [3.63, 3.8) is 0 Å². The van der Waals surface area contributed by atoms with Crippen molar-refractivity contribution in [3.8, 4) is 0 Å². The third-order valence-corrected chi connectivity index (χ3v) is 2.48. The third kappa shape index (κ3) is 1.89. The summed E-state index contributed by atoms with van der Waals surface area (Å²) in [6.07, 6.45) is 3.52. The van der Waals surface area contributed by atoms with Crippen LogP contribution in [0, 0.1) is 0 Å². The van der Waals surface area contributed by atoms with Gasteiger partial charge in [-0.3, -0.25) is 4.79 Å². The highest BCUT2D eigenvalue weighted by molar-refractivity contribution is 5.94. The lowest BCUT2D eigenvalue weighted by Gasteiger charge is -2.26. The average Bonchev–Trinajstić information content (AvgIpc) is 2.12. The van der Waals surface area contributed by atoms with Crippen molar-refractivity contribution in [2.24, 2.45) is 0 Å². The number of carbonyl (C=O) groups excluding carboxylic acids is 1. The smallest absolute Gasteiger partial charge is 0.251 e. The molecule has 1 aliphatic rings. The van der Waals surface area contributed by atoms with E-state index in [0.29, 0.717) is 6.04 Å². The summed E-state index contributed by atoms with van der Waals surface area (Å²) in [5.74, 6) is 0.0605. The van der Waals surface area contributed by atoms with Gasteiger partial charge in [-0.1, -0.05) is 18.2 Å². The summed E-state index contributed by atoms with van der Waals surface area (Å²) in [5.41, 5.74) is 0.759. The molecule has 0 unspecified atom stereocenters. The minimum Gasteiger partial charge on any atom is -0.349 e. The van der Waals surface area contributed by atoms with Crippen molar-refractivity contribution in [1.29, 1.82) is 0 Å². The molecule has 2 rings (SSSR count). The highest BCUT2D eigenvalue weighted by Crippen LogP contribution is 2.18. The molecular formula is C11H13NO. The van der Waals surface area contributed by atoms with Gasteiger partial charge in [-0.25, -0.2) is 0 Å². The van der Waals surface area contributed by atoms with E-state index in [2.05, 4.69) is 5.32 Å². The summed E-state index contributed by atoms with van der Waals surface area (Å²) in [5, 5.41) is 2.99. The molecule has 1 aromatic rings. The van der Waals surface area contributed by atoms with Gasteiger partial charge < -0.3 is 5.32 Å². The summed E-state index contributed by atoms with van der Waals surface area (Å²) in [7, 11) is 0. The zero-order valence-corrected chi connectivity index (χ0v) is 7.49. The Hall–Kier alpha value is -1.31. The number of nitrogens with one attached hydrogen (secondary N) is 1. The summed E-state index contributed by atoms with van der Waals surface area (Å²) in [6.45, 7) is 0. The first-order valence-electron chi connectivity index (χ1n) is 4.72. The Bertz CT molecular complexity index is 290. The Morgan fingerprint density at radius 1 is 1.23 bits per heavy atom. The van der Waals surface area contributed by atoms with Crippen LogP contribution in [0.4, 0.5) is 0 Å². The fourth-order valence-corrected chi connectivity index (χ4v) is 1.41. The first kappa shape index (κ1) is 8.30. The quantitative estimate of drug-likeness (QED) is 0.731. The van der Waals surface area contributed by atoms with E-state index in [-0.39, 0.29) is 5.91 Å². The van der Waals surface area contributed by atoms with Crippen LogP contribution in [0.2, 0.25) is 0 Å². The van der Waals surface area contributed by atoms with Crippen molar-refractivity contribution in [2.75, 3.05) is 0 Å². The number of benzene rings is 1. The van der Waals surface area contributed by atoms with E-state index in [1.54, 1.807) is 0 Å². The lowest BCUT2D eigenvalue weighted by molar-refractivity contribution is 0.0917. The normalized spacial score (nSPS) is 16.3. The van der Waals surface area contributed by atoms with Crippen LogP contribution in [-0.2, 0) is 0 Å². The van der Waals surface area contributed by atoms with Crippen molar-refractivity contribution >= 4 is 5.91 Å². The maximum Gasteiger partial charge on any atom is 0.251 e. The van der Waals surface area contributed by atoms with Gasteiger partial charge in [0.1, 0.15) is 0 Å². The molecule has 1 fully saturated rings.